The van der Waals surface area contributed by atoms with Crippen molar-refractivity contribution in [1.29, 1.82) is 0 Å². The molecule has 0 fully saturated rings. The van der Waals surface area contributed by atoms with Gasteiger partial charge in [-0.2, -0.15) is 13.2 Å². The normalized spacial score (nSPS) is 12.0. The summed E-state index contributed by atoms with van der Waals surface area (Å²) in [6.07, 6.45) is -4.28. The Morgan fingerprint density at radius 1 is 1.26 bits per heavy atom. The van der Waals surface area contributed by atoms with E-state index in [9.17, 15) is 13.2 Å². The van der Waals surface area contributed by atoms with Gasteiger partial charge in [0.2, 0.25) is 0 Å². The molecule has 6 nitrogen and oxygen atoms in total. The standard InChI is InChI=1S/C12H16F3NO.C2H2O4/c1-9(8-17-2)16-7-10-4-3-5-11(6-10)12(13,14)15;3-1(4)2(5)6/h3-6,9,16H,7-8H2,1-2H3;(H,3,4)(H,5,6). The van der Waals surface area contributed by atoms with Crippen molar-refractivity contribution < 1.29 is 37.7 Å². The lowest BCUT2D eigenvalue weighted by atomic mass is 10.1. The molecule has 9 heteroatoms. The molecule has 0 saturated carbocycles. The molecule has 0 aliphatic heterocycles. The predicted molar refractivity (Wildman–Crippen MR) is 74.9 cm³/mol. The Balaban J connectivity index is 0.000000688. The van der Waals surface area contributed by atoms with Crippen LogP contribution in [0, 0.1) is 0 Å². The molecule has 0 amide bonds. The van der Waals surface area contributed by atoms with Crippen molar-refractivity contribution in [3.63, 3.8) is 0 Å². The number of alkyl halides is 3. The molecule has 1 unspecified atom stereocenters. The Morgan fingerprint density at radius 3 is 2.26 bits per heavy atom. The van der Waals surface area contributed by atoms with E-state index >= 15 is 0 Å². The number of aliphatic carboxylic acids is 2. The summed E-state index contributed by atoms with van der Waals surface area (Å²) in [6.45, 7) is 2.84. The fraction of sp³-hybridized carbons (Fsp3) is 0.429. The third kappa shape index (κ3) is 9.48. The van der Waals surface area contributed by atoms with Crippen molar-refractivity contribution in [2.24, 2.45) is 0 Å². The van der Waals surface area contributed by atoms with Gasteiger partial charge in [0.1, 0.15) is 0 Å². The monoisotopic (exact) mass is 337 g/mol. The highest BCUT2D eigenvalue weighted by Gasteiger charge is 2.30. The third-order valence-electron chi connectivity index (χ3n) is 2.51. The third-order valence-corrected chi connectivity index (χ3v) is 2.51. The van der Waals surface area contributed by atoms with Crippen molar-refractivity contribution >= 4 is 11.9 Å². The van der Waals surface area contributed by atoms with Crippen molar-refractivity contribution in [1.82, 2.24) is 5.32 Å². The summed E-state index contributed by atoms with van der Waals surface area (Å²) in [5.41, 5.74) is -0.000951. The maximum atomic E-state index is 12.4. The molecule has 0 saturated heterocycles. The Morgan fingerprint density at radius 2 is 1.83 bits per heavy atom. The smallest absolute Gasteiger partial charge is 0.416 e. The highest BCUT2D eigenvalue weighted by atomic mass is 19.4. The number of carboxylic acid groups (broad SMARTS) is 2. The number of hydrogen-bond donors (Lipinski definition) is 3. The molecule has 1 atom stereocenters. The lowest BCUT2D eigenvalue weighted by Gasteiger charge is -2.13. The summed E-state index contributed by atoms with van der Waals surface area (Å²) >= 11 is 0. The first-order valence-electron chi connectivity index (χ1n) is 6.42. The molecule has 1 aromatic carbocycles. The molecular formula is C14H18F3NO5. The summed E-state index contributed by atoms with van der Waals surface area (Å²) in [5, 5.41) is 17.9. The molecule has 23 heavy (non-hydrogen) atoms. The summed E-state index contributed by atoms with van der Waals surface area (Å²) in [6, 6.07) is 5.42. The van der Waals surface area contributed by atoms with E-state index in [1.807, 2.05) is 6.92 Å². The predicted octanol–water partition coefficient (Wildman–Crippen LogP) is 1.99. The molecule has 0 aliphatic rings. The van der Waals surface area contributed by atoms with Gasteiger partial charge in [0.05, 0.1) is 12.2 Å². The summed E-state index contributed by atoms with van der Waals surface area (Å²) < 4.78 is 42.3. The zero-order valence-electron chi connectivity index (χ0n) is 12.6. The molecule has 0 aliphatic carbocycles. The Hall–Kier alpha value is -2.13. The highest BCUT2D eigenvalue weighted by Crippen LogP contribution is 2.29. The topological polar surface area (TPSA) is 95.9 Å². The van der Waals surface area contributed by atoms with Gasteiger partial charge in [-0.25, -0.2) is 9.59 Å². The van der Waals surface area contributed by atoms with Crippen molar-refractivity contribution in [3.8, 4) is 0 Å². The quantitative estimate of drug-likeness (QED) is 0.711. The van der Waals surface area contributed by atoms with Crippen LogP contribution in [-0.4, -0.2) is 41.9 Å². The zero-order valence-corrected chi connectivity index (χ0v) is 12.6. The van der Waals surface area contributed by atoms with E-state index < -0.39 is 23.7 Å². The fourth-order valence-electron chi connectivity index (χ4n) is 1.46. The van der Waals surface area contributed by atoms with Gasteiger partial charge < -0.3 is 20.3 Å². The number of carbonyl (C=O) groups is 2. The largest absolute Gasteiger partial charge is 0.473 e. The van der Waals surface area contributed by atoms with E-state index in [2.05, 4.69) is 5.32 Å². The Kier molecular flexibility index (Phi) is 8.89. The molecule has 1 aromatic rings. The van der Waals surface area contributed by atoms with Crippen LogP contribution < -0.4 is 5.32 Å². The number of rotatable bonds is 5. The minimum Gasteiger partial charge on any atom is -0.473 e. The second-order valence-corrected chi connectivity index (χ2v) is 4.55. The number of hydrogen-bond acceptors (Lipinski definition) is 4. The van der Waals surface area contributed by atoms with E-state index in [4.69, 9.17) is 24.5 Å². The van der Waals surface area contributed by atoms with Gasteiger partial charge in [0.25, 0.3) is 0 Å². The second-order valence-electron chi connectivity index (χ2n) is 4.55. The maximum absolute atomic E-state index is 12.4. The van der Waals surface area contributed by atoms with Crippen molar-refractivity contribution in [3.05, 3.63) is 35.4 Å². The molecule has 3 N–H and O–H groups in total. The van der Waals surface area contributed by atoms with Crippen LogP contribution in [0.25, 0.3) is 0 Å². The van der Waals surface area contributed by atoms with E-state index in [1.165, 1.54) is 6.07 Å². The minimum atomic E-state index is -4.28. The Labute approximate surface area is 130 Å². The summed E-state index contributed by atoms with van der Waals surface area (Å²) in [4.78, 5) is 18.2. The van der Waals surface area contributed by atoms with Gasteiger partial charge in [-0.3, -0.25) is 0 Å². The van der Waals surface area contributed by atoms with Crippen LogP contribution >= 0.6 is 0 Å². The van der Waals surface area contributed by atoms with Gasteiger partial charge in [-0.15, -0.1) is 0 Å². The van der Waals surface area contributed by atoms with Crippen LogP contribution in [0.15, 0.2) is 24.3 Å². The van der Waals surface area contributed by atoms with Crippen molar-refractivity contribution in [2.75, 3.05) is 13.7 Å². The summed E-state index contributed by atoms with van der Waals surface area (Å²) in [5.74, 6) is -3.65. The average molecular weight is 337 g/mol. The van der Waals surface area contributed by atoms with Crippen LogP contribution in [0.3, 0.4) is 0 Å². The average Bonchev–Trinajstić information content (AvgIpc) is 2.45. The summed E-state index contributed by atoms with van der Waals surface area (Å²) in [7, 11) is 1.59. The number of nitrogens with one attached hydrogen (secondary N) is 1. The number of benzene rings is 1. The molecule has 0 bridgehead atoms. The zero-order chi connectivity index (χ0) is 18.0. The van der Waals surface area contributed by atoms with Gasteiger partial charge in [0, 0.05) is 19.7 Å². The lowest BCUT2D eigenvalue weighted by Crippen LogP contribution is -2.29. The lowest BCUT2D eigenvalue weighted by molar-refractivity contribution is -0.159. The molecule has 130 valence electrons. The first kappa shape index (κ1) is 20.9. The maximum Gasteiger partial charge on any atom is 0.416 e. The SMILES string of the molecule is COCC(C)NCc1cccc(C(F)(F)F)c1.O=C(O)C(=O)O. The van der Waals surface area contributed by atoms with Crippen LogP contribution in [0.1, 0.15) is 18.1 Å². The number of methoxy groups -OCH3 is 1. The van der Waals surface area contributed by atoms with Gasteiger partial charge in [-0.05, 0) is 18.6 Å². The van der Waals surface area contributed by atoms with E-state index in [-0.39, 0.29) is 6.04 Å². The number of halogens is 3. The van der Waals surface area contributed by atoms with Gasteiger partial charge >= 0.3 is 18.1 Å². The fourth-order valence-corrected chi connectivity index (χ4v) is 1.46. The van der Waals surface area contributed by atoms with E-state index in [1.54, 1.807) is 13.2 Å². The van der Waals surface area contributed by atoms with Gasteiger partial charge in [-0.1, -0.05) is 18.2 Å². The first-order valence-corrected chi connectivity index (χ1v) is 6.42. The Bertz CT molecular complexity index is 507. The second kappa shape index (κ2) is 9.80. The van der Waals surface area contributed by atoms with Crippen LogP contribution in [-0.2, 0) is 27.0 Å². The van der Waals surface area contributed by atoms with Gasteiger partial charge in [0.15, 0.2) is 0 Å². The molecule has 1 rings (SSSR count). The van der Waals surface area contributed by atoms with E-state index in [0.29, 0.717) is 18.7 Å². The van der Waals surface area contributed by atoms with Crippen LogP contribution in [0.5, 0.6) is 0 Å². The molecule has 0 radical (unpaired) electrons. The molecule has 0 heterocycles. The minimum absolute atomic E-state index is 0.106. The molecule has 0 aromatic heterocycles. The van der Waals surface area contributed by atoms with Crippen molar-refractivity contribution in [2.45, 2.75) is 25.7 Å². The molecule has 0 spiro atoms. The number of carboxylic acids is 2. The van der Waals surface area contributed by atoms with Crippen LogP contribution in [0.2, 0.25) is 0 Å². The number of ether oxygens (including phenoxy) is 1. The van der Waals surface area contributed by atoms with E-state index in [0.717, 1.165) is 12.1 Å². The first-order chi connectivity index (χ1) is 10.6. The van der Waals surface area contributed by atoms with Crippen LogP contribution in [0.4, 0.5) is 13.2 Å². The highest BCUT2D eigenvalue weighted by molar-refractivity contribution is 6.27. The molecular weight excluding hydrogens is 319 g/mol.